The van der Waals surface area contributed by atoms with Crippen LogP contribution in [0.1, 0.15) is 17.9 Å². The summed E-state index contributed by atoms with van der Waals surface area (Å²) in [5.41, 5.74) is 1.23. The van der Waals surface area contributed by atoms with Crippen LogP contribution in [0.2, 0.25) is 0 Å². The van der Waals surface area contributed by atoms with Gasteiger partial charge in [-0.3, -0.25) is 0 Å². The van der Waals surface area contributed by atoms with Crippen molar-refractivity contribution in [2.45, 2.75) is 18.4 Å². The van der Waals surface area contributed by atoms with Gasteiger partial charge in [0.05, 0.1) is 6.61 Å². The first kappa shape index (κ1) is 12.0. The molecular formula is C13H19NOS. The summed E-state index contributed by atoms with van der Waals surface area (Å²) < 4.78 is 0. The van der Waals surface area contributed by atoms with Crippen LogP contribution in [0.4, 0.5) is 0 Å². The van der Waals surface area contributed by atoms with Gasteiger partial charge in [-0.1, -0.05) is 30.3 Å². The van der Waals surface area contributed by atoms with Gasteiger partial charge in [0.25, 0.3) is 0 Å². The molecule has 2 rings (SSSR count). The molecule has 0 aliphatic carbocycles. The number of hydrogen-bond donors (Lipinski definition) is 2. The van der Waals surface area contributed by atoms with Crippen molar-refractivity contribution in [1.82, 2.24) is 5.32 Å². The molecule has 1 saturated heterocycles. The summed E-state index contributed by atoms with van der Waals surface area (Å²) in [6.45, 7) is 1.10. The molecule has 1 heterocycles. The molecule has 2 nitrogen and oxygen atoms in total. The van der Waals surface area contributed by atoms with Crippen LogP contribution in [0.15, 0.2) is 30.3 Å². The monoisotopic (exact) mass is 237 g/mol. The van der Waals surface area contributed by atoms with Crippen molar-refractivity contribution in [2.24, 2.45) is 0 Å². The lowest BCUT2D eigenvalue weighted by Gasteiger charge is -2.18. The van der Waals surface area contributed by atoms with E-state index in [1.54, 1.807) is 0 Å². The van der Waals surface area contributed by atoms with Crippen LogP contribution in [-0.2, 0) is 0 Å². The minimum absolute atomic E-state index is 0.219. The summed E-state index contributed by atoms with van der Waals surface area (Å²) in [5, 5.41) is 13.0. The molecule has 0 radical (unpaired) electrons. The molecule has 1 aromatic rings. The predicted molar refractivity (Wildman–Crippen MR) is 70.0 cm³/mol. The Kier molecular flexibility index (Phi) is 4.69. The Morgan fingerprint density at radius 3 is 2.81 bits per heavy atom. The third-order valence-corrected chi connectivity index (χ3v) is 4.24. The molecule has 0 aromatic heterocycles. The molecule has 1 aliphatic heterocycles. The molecule has 2 atom stereocenters. The smallest absolute Gasteiger partial charge is 0.0511 e. The molecule has 2 unspecified atom stereocenters. The molecule has 0 saturated carbocycles. The van der Waals surface area contributed by atoms with E-state index in [1.807, 2.05) is 30.0 Å². The van der Waals surface area contributed by atoms with Crippen molar-refractivity contribution >= 4 is 11.8 Å². The molecule has 88 valence electrons. The van der Waals surface area contributed by atoms with E-state index < -0.39 is 0 Å². The van der Waals surface area contributed by atoms with Crippen LogP contribution in [0.25, 0.3) is 0 Å². The first-order valence-electron chi connectivity index (χ1n) is 5.87. The Bertz CT molecular complexity index is 298. The summed E-state index contributed by atoms with van der Waals surface area (Å²) in [6.07, 6.45) is 1.26. The highest BCUT2D eigenvalue weighted by Crippen LogP contribution is 2.19. The third-order valence-electron chi connectivity index (χ3n) is 3.07. The summed E-state index contributed by atoms with van der Waals surface area (Å²) in [5.74, 6) is 2.71. The van der Waals surface area contributed by atoms with Crippen LogP contribution < -0.4 is 5.32 Å². The van der Waals surface area contributed by atoms with Crippen molar-refractivity contribution in [3.63, 3.8) is 0 Å². The van der Waals surface area contributed by atoms with E-state index in [9.17, 15) is 5.11 Å². The first-order chi connectivity index (χ1) is 7.90. The minimum atomic E-state index is 0.219. The van der Waals surface area contributed by atoms with Crippen molar-refractivity contribution in [3.05, 3.63) is 35.9 Å². The summed E-state index contributed by atoms with van der Waals surface area (Å²) in [4.78, 5) is 0. The Balaban J connectivity index is 1.85. The molecule has 1 aromatic carbocycles. The Morgan fingerprint density at radius 2 is 2.19 bits per heavy atom. The fourth-order valence-electron chi connectivity index (χ4n) is 2.02. The molecule has 0 amide bonds. The van der Waals surface area contributed by atoms with Gasteiger partial charge in [0, 0.05) is 24.3 Å². The van der Waals surface area contributed by atoms with Crippen LogP contribution in [0, 0.1) is 0 Å². The number of aliphatic hydroxyl groups excluding tert-OH is 1. The molecule has 1 aliphatic rings. The van der Waals surface area contributed by atoms with E-state index in [1.165, 1.54) is 23.5 Å². The molecular weight excluding hydrogens is 218 g/mol. The number of aliphatic hydroxyl groups is 1. The normalized spacial score (nSPS) is 22.2. The van der Waals surface area contributed by atoms with Gasteiger partial charge in [-0.05, 0) is 17.7 Å². The lowest BCUT2D eigenvalue weighted by molar-refractivity contribution is 0.259. The van der Waals surface area contributed by atoms with Gasteiger partial charge < -0.3 is 10.4 Å². The van der Waals surface area contributed by atoms with Crippen molar-refractivity contribution in [1.29, 1.82) is 0 Å². The lowest BCUT2D eigenvalue weighted by atomic mass is 10.00. The largest absolute Gasteiger partial charge is 0.396 e. The average molecular weight is 237 g/mol. The van der Waals surface area contributed by atoms with Crippen LogP contribution in [0.3, 0.4) is 0 Å². The molecule has 2 N–H and O–H groups in total. The van der Waals surface area contributed by atoms with Gasteiger partial charge in [-0.15, -0.1) is 0 Å². The zero-order chi connectivity index (χ0) is 11.2. The van der Waals surface area contributed by atoms with Gasteiger partial charge in [0.15, 0.2) is 0 Å². The minimum Gasteiger partial charge on any atom is -0.396 e. The quantitative estimate of drug-likeness (QED) is 0.820. The lowest BCUT2D eigenvalue weighted by Crippen LogP contribution is -2.33. The fraction of sp³-hybridized carbons (Fsp3) is 0.538. The fourth-order valence-corrected chi connectivity index (χ4v) is 3.20. The SMILES string of the molecule is OCC(CNC1CCSC1)c1ccccc1. The van der Waals surface area contributed by atoms with E-state index in [0.717, 1.165) is 6.54 Å². The number of nitrogens with one attached hydrogen (secondary N) is 1. The van der Waals surface area contributed by atoms with E-state index in [2.05, 4.69) is 17.4 Å². The number of benzene rings is 1. The molecule has 16 heavy (non-hydrogen) atoms. The summed E-state index contributed by atoms with van der Waals surface area (Å²) in [6, 6.07) is 10.9. The maximum Gasteiger partial charge on any atom is 0.0511 e. The average Bonchev–Trinajstić information content (AvgIpc) is 2.84. The van der Waals surface area contributed by atoms with Crippen molar-refractivity contribution in [2.75, 3.05) is 24.7 Å². The Hall–Kier alpha value is -0.510. The summed E-state index contributed by atoms with van der Waals surface area (Å²) >= 11 is 2.01. The predicted octanol–water partition coefficient (Wildman–Crippen LogP) is 1.86. The van der Waals surface area contributed by atoms with Gasteiger partial charge in [0.1, 0.15) is 0 Å². The number of thioether (sulfide) groups is 1. The van der Waals surface area contributed by atoms with E-state index in [0.29, 0.717) is 6.04 Å². The van der Waals surface area contributed by atoms with E-state index >= 15 is 0 Å². The van der Waals surface area contributed by atoms with Gasteiger partial charge in [0.2, 0.25) is 0 Å². The Morgan fingerprint density at radius 1 is 1.38 bits per heavy atom. The highest BCUT2D eigenvalue weighted by Gasteiger charge is 2.17. The third kappa shape index (κ3) is 3.24. The van der Waals surface area contributed by atoms with Gasteiger partial charge in [-0.2, -0.15) is 11.8 Å². The molecule has 0 spiro atoms. The highest BCUT2D eigenvalue weighted by atomic mass is 32.2. The highest BCUT2D eigenvalue weighted by molar-refractivity contribution is 7.99. The zero-order valence-corrected chi connectivity index (χ0v) is 10.2. The van der Waals surface area contributed by atoms with E-state index in [-0.39, 0.29) is 12.5 Å². The number of rotatable bonds is 5. The van der Waals surface area contributed by atoms with Crippen LogP contribution in [0.5, 0.6) is 0 Å². The van der Waals surface area contributed by atoms with Crippen molar-refractivity contribution < 1.29 is 5.11 Å². The standard InChI is InChI=1S/C13H19NOS/c15-9-12(11-4-2-1-3-5-11)8-14-13-6-7-16-10-13/h1-5,12-15H,6-10H2. The second-order valence-electron chi connectivity index (χ2n) is 4.26. The molecule has 1 fully saturated rings. The van der Waals surface area contributed by atoms with Gasteiger partial charge >= 0.3 is 0 Å². The second kappa shape index (κ2) is 6.28. The molecule has 3 heteroatoms. The van der Waals surface area contributed by atoms with Crippen LogP contribution in [-0.4, -0.2) is 35.8 Å². The molecule has 0 bridgehead atoms. The maximum atomic E-state index is 9.41. The first-order valence-corrected chi connectivity index (χ1v) is 7.02. The summed E-state index contributed by atoms with van der Waals surface area (Å²) in [7, 11) is 0. The van der Waals surface area contributed by atoms with Gasteiger partial charge in [-0.25, -0.2) is 0 Å². The zero-order valence-electron chi connectivity index (χ0n) is 9.43. The maximum absolute atomic E-state index is 9.41. The number of hydrogen-bond acceptors (Lipinski definition) is 3. The topological polar surface area (TPSA) is 32.3 Å². The Labute approximate surface area is 101 Å². The van der Waals surface area contributed by atoms with Crippen LogP contribution >= 0.6 is 11.8 Å². The van der Waals surface area contributed by atoms with E-state index in [4.69, 9.17) is 0 Å². The second-order valence-corrected chi connectivity index (χ2v) is 5.41. The van der Waals surface area contributed by atoms with Crippen molar-refractivity contribution in [3.8, 4) is 0 Å².